The highest BCUT2D eigenvalue weighted by Crippen LogP contribution is 2.37. The molecule has 1 aliphatic rings. The smallest absolute Gasteiger partial charge is 0.345 e. The molecule has 1 aromatic carbocycles. The van der Waals surface area contributed by atoms with Crippen LogP contribution >= 0.6 is 0 Å². The Bertz CT molecular complexity index is 678. The van der Waals surface area contributed by atoms with Crippen molar-refractivity contribution in [2.24, 2.45) is 0 Å². The van der Waals surface area contributed by atoms with Gasteiger partial charge in [-0.1, -0.05) is 0 Å². The highest BCUT2D eigenvalue weighted by Gasteiger charge is 2.33. The van der Waals surface area contributed by atoms with Gasteiger partial charge in [0.2, 0.25) is 10.0 Å². The molecule has 110 valence electrons. The number of carboxylic acids is 1. The zero-order chi connectivity index (χ0) is 15.2. The third-order valence-electron chi connectivity index (χ3n) is 3.57. The van der Waals surface area contributed by atoms with Gasteiger partial charge < -0.3 is 9.84 Å². The molecule has 1 atom stereocenters. The standard InChI is InChI=1S/C13H17NO5S/c1-7-8(2)12-9(5-10(19-12)13(15)16)6-11(7)20(17,18)14(3)4/h6,10H,5H2,1-4H3,(H,15,16). The molecule has 20 heavy (non-hydrogen) atoms. The van der Waals surface area contributed by atoms with Crippen LogP contribution in [0.5, 0.6) is 5.75 Å². The van der Waals surface area contributed by atoms with Gasteiger partial charge in [-0.3, -0.25) is 0 Å². The summed E-state index contributed by atoms with van der Waals surface area (Å²) in [5.41, 5.74) is 1.89. The molecule has 0 saturated carbocycles. The van der Waals surface area contributed by atoms with Crippen LogP contribution in [-0.2, 0) is 21.2 Å². The van der Waals surface area contributed by atoms with Gasteiger partial charge in [0, 0.05) is 26.1 Å². The van der Waals surface area contributed by atoms with Crippen molar-refractivity contribution < 1.29 is 23.1 Å². The lowest BCUT2D eigenvalue weighted by atomic mass is 10.0. The summed E-state index contributed by atoms with van der Waals surface area (Å²) in [5, 5.41) is 9.01. The molecule has 1 unspecified atom stereocenters. The van der Waals surface area contributed by atoms with Crippen molar-refractivity contribution in [1.82, 2.24) is 4.31 Å². The first-order chi connectivity index (χ1) is 9.16. The van der Waals surface area contributed by atoms with E-state index in [-0.39, 0.29) is 11.3 Å². The van der Waals surface area contributed by atoms with Crippen LogP contribution in [0.4, 0.5) is 0 Å². The van der Waals surface area contributed by atoms with Crippen molar-refractivity contribution in [3.63, 3.8) is 0 Å². The van der Waals surface area contributed by atoms with Crippen LogP contribution in [-0.4, -0.2) is 44.0 Å². The second-order valence-corrected chi connectivity index (χ2v) is 7.17. The third-order valence-corrected chi connectivity index (χ3v) is 5.51. The normalized spacial score (nSPS) is 17.9. The zero-order valence-electron chi connectivity index (χ0n) is 11.8. The molecular formula is C13H17NO5S. The van der Waals surface area contributed by atoms with Gasteiger partial charge in [-0.2, -0.15) is 0 Å². The van der Waals surface area contributed by atoms with Gasteiger partial charge in [0.25, 0.3) is 0 Å². The third kappa shape index (κ3) is 2.16. The number of carbonyl (C=O) groups is 1. The number of ether oxygens (including phenoxy) is 1. The maximum absolute atomic E-state index is 12.3. The summed E-state index contributed by atoms with van der Waals surface area (Å²) in [4.78, 5) is 11.2. The number of fused-ring (bicyclic) bond motifs is 1. The van der Waals surface area contributed by atoms with Crippen LogP contribution in [0.3, 0.4) is 0 Å². The minimum absolute atomic E-state index is 0.182. The lowest BCUT2D eigenvalue weighted by molar-refractivity contribution is -0.144. The van der Waals surface area contributed by atoms with Gasteiger partial charge in [0.15, 0.2) is 6.10 Å². The van der Waals surface area contributed by atoms with Gasteiger partial charge in [-0.25, -0.2) is 17.5 Å². The Kier molecular flexibility index (Phi) is 3.51. The summed E-state index contributed by atoms with van der Waals surface area (Å²) in [5.74, 6) is -0.553. The first-order valence-corrected chi connectivity index (χ1v) is 7.55. The Balaban J connectivity index is 2.60. The van der Waals surface area contributed by atoms with E-state index in [9.17, 15) is 13.2 Å². The molecular weight excluding hydrogens is 282 g/mol. The summed E-state index contributed by atoms with van der Waals surface area (Å²) < 4.78 is 31.1. The molecule has 0 spiro atoms. The summed E-state index contributed by atoms with van der Waals surface area (Å²) in [6.45, 7) is 3.44. The van der Waals surface area contributed by atoms with Crippen molar-refractivity contribution in [2.75, 3.05) is 14.1 Å². The number of rotatable bonds is 3. The molecule has 0 fully saturated rings. The quantitative estimate of drug-likeness (QED) is 0.898. The SMILES string of the molecule is Cc1c(S(=O)(=O)N(C)C)cc2c(c1C)OC(C(=O)O)C2. The van der Waals surface area contributed by atoms with E-state index in [2.05, 4.69) is 0 Å². The van der Waals surface area contributed by atoms with E-state index in [1.54, 1.807) is 13.8 Å². The largest absolute Gasteiger partial charge is 0.478 e. The molecule has 2 rings (SSSR count). The molecule has 0 saturated heterocycles. The fourth-order valence-corrected chi connectivity index (χ4v) is 3.45. The first-order valence-electron chi connectivity index (χ1n) is 6.11. The van der Waals surface area contributed by atoms with Gasteiger partial charge in [-0.15, -0.1) is 0 Å². The number of aliphatic carboxylic acids is 1. The second-order valence-electron chi connectivity index (χ2n) is 5.05. The minimum atomic E-state index is -3.56. The molecule has 1 heterocycles. The fraction of sp³-hybridized carbons (Fsp3) is 0.462. The molecule has 0 aromatic heterocycles. The first kappa shape index (κ1) is 14.8. The zero-order valence-corrected chi connectivity index (χ0v) is 12.6. The topological polar surface area (TPSA) is 83.9 Å². The molecule has 1 aliphatic heterocycles. The predicted molar refractivity (Wildman–Crippen MR) is 72.5 cm³/mol. The van der Waals surface area contributed by atoms with Gasteiger partial charge >= 0.3 is 5.97 Å². The maximum atomic E-state index is 12.3. The van der Waals surface area contributed by atoms with Crippen molar-refractivity contribution in [1.29, 1.82) is 0 Å². The summed E-state index contributed by atoms with van der Waals surface area (Å²) in [7, 11) is -0.627. The van der Waals surface area contributed by atoms with E-state index >= 15 is 0 Å². The Morgan fingerprint density at radius 1 is 1.35 bits per heavy atom. The molecule has 0 aliphatic carbocycles. The summed E-state index contributed by atoms with van der Waals surface area (Å²) >= 11 is 0. The number of hydrogen-bond donors (Lipinski definition) is 1. The van der Waals surface area contributed by atoms with Gasteiger partial charge in [0.1, 0.15) is 5.75 Å². The fourth-order valence-electron chi connectivity index (χ4n) is 2.23. The van der Waals surface area contributed by atoms with Crippen LogP contribution in [0.1, 0.15) is 16.7 Å². The van der Waals surface area contributed by atoms with E-state index in [0.29, 0.717) is 22.4 Å². The molecule has 0 bridgehead atoms. The van der Waals surface area contributed by atoms with E-state index in [1.165, 1.54) is 20.2 Å². The predicted octanol–water partition coefficient (Wildman–Crippen LogP) is 0.942. The van der Waals surface area contributed by atoms with Crippen LogP contribution < -0.4 is 4.74 Å². The van der Waals surface area contributed by atoms with Crippen LogP contribution in [0.25, 0.3) is 0 Å². The number of carboxylic acid groups (broad SMARTS) is 1. The Hall–Kier alpha value is -1.60. The van der Waals surface area contributed by atoms with Crippen molar-refractivity contribution in [3.05, 3.63) is 22.8 Å². The lowest BCUT2D eigenvalue weighted by Gasteiger charge is -2.17. The average molecular weight is 299 g/mol. The minimum Gasteiger partial charge on any atom is -0.478 e. The average Bonchev–Trinajstić information content (AvgIpc) is 2.77. The molecule has 1 N–H and O–H groups in total. The molecule has 6 nitrogen and oxygen atoms in total. The summed E-state index contributed by atoms with van der Waals surface area (Å²) in [6, 6.07) is 1.52. The highest BCUT2D eigenvalue weighted by atomic mass is 32.2. The van der Waals surface area contributed by atoms with Crippen LogP contribution in [0, 0.1) is 13.8 Å². The molecule has 7 heteroatoms. The second kappa shape index (κ2) is 4.75. The van der Waals surface area contributed by atoms with E-state index in [1.807, 2.05) is 0 Å². The van der Waals surface area contributed by atoms with Crippen molar-refractivity contribution in [3.8, 4) is 5.75 Å². The molecule has 0 amide bonds. The van der Waals surface area contributed by atoms with Crippen molar-refractivity contribution in [2.45, 2.75) is 31.3 Å². The monoisotopic (exact) mass is 299 g/mol. The van der Waals surface area contributed by atoms with E-state index in [0.717, 1.165) is 4.31 Å². The van der Waals surface area contributed by atoms with Crippen LogP contribution in [0.15, 0.2) is 11.0 Å². The Labute approximate surface area is 118 Å². The number of benzene rings is 1. The van der Waals surface area contributed by atoms with Gasteiger partial charge in [-0.05, 0) is 31.0 Å². The Morgan fingerprint density at radius 2 is 1.95 bits per heavy atom. The van der Waals surface area contributed by atoms with Crippen LogP contribution in [0.2, 0.25) is 0 Å². The maximum Gasteiger partial charge on any atom is 0.345 e. The Morgan fingerprint density at radius 3 is 2.45 bits per heavy atom. The van der Waals surface area contributed by atoms with Crippen molar-refractivity contribution >= 4 is 16.0 Å². The summed E-state index contributed by atoms with van der Waals surface area (Å²) in [6.07, 6.45) is -0.762. The number of sulfonamides is 1. The highest BCUT2D eigenvalue weighted by molar-refractivity contribution is 7.89. The van der Waals surface area contributed by atoms with E-state index < -0.39 is 22.1 Å². The molecule has 0 radical (unpaired) electrons. The van der Waals surface area contributed by atoms with Gasteiger partial charge in [0.05, 0.1) is 4.90 Å². The lowest BCUT2D eigenvalue weighted by Crippen LogP contribution is -2.24. The van der Waals surface area contributed by atoms with E-state index in [4.69, 9.17) is 9.84 Å². The molecule has 1 aromatic rings. The number of hydrogen-bond acceptors (Lipinski definition) is 4. The number of nitrogens with zero attached hydrogens (tertiary/aromatic N) is 1.